The summed E-state index contributed by atoms with van der Waals surface area (Å²) in [5.74, 6) is -1.56. The van der Waals surface area contributed by atoms with E-state index in [0.29, 0.717) is 25.9 Å². The molecule has 0 bridgehead atoms. The van der Waals surface area contributed by atoms with E-state index >= 15 is 0 Å². The van der Waals surface area contributed by atoms with Gasteiger partial charge < -0.3 is 10.6 Å². The summed E-state index contributed by atoms with van der Waals surface area (Å²) in [5, 5.41) is 0. The van der Waals surface area contributed by atoms with Gasteiger partial charge >= 0.3 is 0 Å². The number of nitrogens with two attached hydrogens (primary N) is 1. The number of nitrogens with zero attached hydrogens (tertiary/aromatic N) is 1. The molecule has 7 heteroatoms. The molecule has 0 aliphatic carbocycles. The Morgan fingerprint density at radius 1 is 1.14 bits per heavy atom. The van der Waals surface area contributed by atoms with Crippen LogP contribution in [0.4, 0.5) is 0 Å². The second kappa shape index (κ2) is 6.26. The van der Waals surface area contributed by atoms with Crippen LogP contribution in [0.5, 0.6) is 0 Å². The van der Waals surface area contributed by atoms with E-state index in [1.807, 2.05) is 0 Å². The van der Waals surface area contributed by atoms with Crippen molar-refractivity contribution in [2.24, 2.45) is 11.7 Å². The molecule has 0 aromatic heterocycles. The molecular weight excluding hydrogens is 292 g/mol. The number of carbonyl (C=O) groups excluding carboxylic acids is 2. The van der Waals surface area contributed by atoms with Crippen molar-refractivity contribution in [2.45, 2.75) is 17.7 Å². The van der Waals surface area contributed by atoms with Crippen LogP contribution in [0.25, 0.3) is 0 Å². The number of amides is 2. The van der Waals surface area contributed by atoms with Crippen molar-refractivity contribution in [1.29, 1.82) is 0 Å². The lowest BCUT2D eigenvalue weighted by atomic mass is 9.96. The van der Waals surface area contributed by atoms with Crippen molar-refractivity contribution >= 4 is 21.7 Å². The molecule has 1 aliphatic rings. The van der Waals surface area contributed by atoms with E-state index in [0.717, 1.165) is 0 Å². The minimum atomic E-state index is -3.62. The summed E-state index contributed by atoms with van der Waals surface area (Å²) in [6.45, 7) is 0.744. The number of hydrogen-bond donors (Lipinski definition) is 1. The minimum absolute atomic E-state index is 0.144. The predicted molar refractivity (Wildman–Crippen MR) is 77.0 cm³/mol. The summed E-state index contributed by atoms with van der Waals surface area (Å²) in [6, 6.07) is 7.91. The van der Waals surface area contributed by atoms with E-state index in [2.05, 4.69) is 0 Å². The Morgan fingerprint density at radius 2 is 1.71 bits per heavy atom. The highest BCUT2D eigenvalue weighted by Gasteiger charge is 2.28. The van der Waals surface area contributed by atoms with Gasteiger partial charge in [-0.05, 0) is 25.0 Å². The molecule has 114 valence electrons. The van der Waals surface area contributed by atoms with Crippen molar-refractivity contribution in [2.75, 3.05) is 18.8 Å². The molecule has 1 aliphatic heterocycles. The topological polar surface area (TPSA) is 97.5 Å². The molecule has 2 rings (SSSR count). The summed E-state index contributed by atoms with van der Waals surface area (Å²) >= 11 is 0. The van der Waals surface area contributed by atoms with Crippen molar-refractivity contribution in [1.82, 2.24) is 4.90 Å². The molecule has 21 heavy (non-hydrogen) atoms. The van der Waals surface area contributed by atoms with Gasteiger partial charge in [0.05, 0.1) is 4.90 Å². The van der Waals surface area contributed by atoms with Crippen molar-refractivity contribution < 1.29 is 18.0 Å². The first-order chi connectivity index (χ1) is 9.90. The van der Waals surface area contributed by atoms with Crippen LogP contribution in [0.3, 0.4) is 0 Å². The highest BCUT2D eigenvalue weighted by atomic mass is 32.2. The Labute approximate surface area is 123 Å². The van der Waals surface area contributed by atoms with Crippen LogP contribution in [-0.4, -0.2) is 44.0 Å². The van der Waals surface area contributed by atoms with E-state index in [1.165, 1.54) is 17.0 Å². The minimum Gasteiger partial charge on any atom is -0.369 e. The second-order valence-electron chi connectivity index (χ2n) is 5.13. The zero-order valence-electron chi connectivity index (χ0n) is 11.6. The van der Waals surface area contributed by atoms with Crippen molar-refractivity contribution in [3.8, 4) is 0 Å². The monoisotopic (exact) mass is 310 g/mol. The van der Waals surface area contributed by atoms with E-state index in [-0.39, 0.29) is 16.7 Å². The Bertz CT molecular complexity index is 620. The lowest BCUT2D eigenvalue weighted by molar-refractivity contribution is -0.132. The fourth-order valence-corrected chi connectivity index (χ4v) is 3.62. The zero-order chi connectivity index (χ0) is 15.5. The molecule has 1 fully saturated rings. The molecule has 0 unspecified atom stereocenters. The fourth-order valence-electron chi connectivity index (χ4n) is 2.38. The Hall–Kier alpha value is -1.89. The molecule has 0 spiro atoms. The number of sulfone groups is 1. The maximum atomic E-state index is 12.1. The van der Waals surface area contributed by atoms with E-state index in [9.17, 15) is 18.0 Å². The summed E-state index contributed by atoms with van der Waals surface area (Å²) in [6.07, 6.45) is 0.985. The third-order valence-electron chi connectivity index (χ3n) is 3.67. The first-order valence-electron chi connectivity index (χ1n) is 6.75. The maximum absolute atomic E-state index is 12.1. The molecule has 0 radical (unpaired) electrons. The molecule has 1 heterocycles. The molecule has 1 aromatic carbocycles. The number of carbonyl (C=O) groups is 2. The average Bonchev–Trinajstić information content (AvgIpc) is 2.48. The van der Waals surface area contributed by atoms with E-state index in [1.54, 1.807) is 18.2 Å². The number of primary amides is 1. The number of likely N-dealkylation sites (tertiary alicyclic amines) is 1. The summed E-state index contributed by atoms with van der Waals surface area (Å²) in [7, 11) is -3.62. The molecule has 0 atom stereocenters. The van der Waals surface area contributed by atoms with Crippen LogP contribution in [0, 0.1) is 5.92 Å². The number of piperidine rings is 1. The SMILES string of the molecule is NC(=O)C1CCN(C(=O)CS(=O)(=O)c2ccccc2)CC1. The van der Waals surface area contributed by atoms with Crippen molar-refractivity contribution in [3.05, 3.63) is 30.3 Å². The van der Waals surface area contributed by atoms with Crippen LogP contribution in [0.15, 0.2) is 35.2 Å². The molecule has 1 aromatic rings. The first kappa shape index (κ1) is 15.5. The standard InChI is InChI=1S/C14H18N2O4S/c15-14(18)11-6-8-16(9-7-11)13(17)10-21(19,20)12-4-2-1-3-5-12/h1-5,11H,6-10H2,(H2,15,18). The Balaban J connectivity index is 1.98. The van der Waals surface area contributed by atoms with Gasteiger partial charge in [-0.1, -0.05) is 18.2 Å². The lowest BCUT2D eigenvalue weighted by Crippen LogP contribution is -2.43. The van der Waals surface area contributed by atoms with Gasteiger partial charge in [-0.25, -0.2) is 8.42 Å². The smallest absolute Gasteiger partial charge is 0.238 e. The third kappa shape index (κ3) is 3.81. The number of rotatable bonds is 4. The lowest BCUT2D eigenvalue weighted by Gasteiger charge is -2.30. The van der Waals surface area contributed by atoms with Crippen LogP contribution < -0.4 is 5.73 Å². The summed E-state index contributed by atoms with van der Waals surface area (Å²) in [4.78, 5) is 24.8. The molecule has 0 saturated carbocycles. The van der Waals surface area contributed by atoms with E-state index < -0.39 is 21.5 Å². The van der Waals surface area contributed by atoms with Crippen LogP contribution >= 0.6 is 0 Å². The highest BCUT2D eigenvalue weighted by molar-refractivity contribution is 7.92. The average molecular weight is 310 g/mol. The molecule has 2 N–H and O–H groups in total. The van der Waals surface area contributed by atoms with Gasteiger partial charge in [0.2, 0.25) is 11.8 Å². The van der Waals surface area contributed by atoms with Crippen LogP contribution in [0.2, 0.25) is 0 Å². The summed E-state index contributed by atoms with van der Waals surface area (Å²) < 4.78 is 24.3. The van der Waals surface area contributed by atoms with Gasteiger partial charge in [0, 0.05) is 19.0 Å². The van der Waals surface area contributed by atoms with E-state index in [4.69, 9.17) is 5.73 Å². The zero-order valence-corrected chi connectivity index (χ0v) is 12.4. The molecule has 1 saturated heterocycles. The van der Waals surface area contributed by atoms with Gasteiger partial charge in [-0.3, -0.25) is 9.59 Å². The number of hydrogen-bond acceptors (Lipinski definition) is 4. The summed E-state index contributed by atoms with van der Waals surface area (Å²) in [5.41, 5.74) is 5.23. The molecular formula is C14H18N2O4S. The predicted octanol–water partition coefficient (Wildman–Crippen LogP) is 0.184. The van der Waals surface area contributed by atoms with Gasteiger partial charge in [0.15, 0.2) is 9.84 Å². The third-order valence-corrected chi connectivity index (χ3v) is 5.28. The van der Waals surface area contributed by atoms with Crippen molar-refractivity contribution in [3.63, 3.8) is 0 Å². The fraction of sp³-hybridized carbons (Fsp3) is 0.429. The van der Waals surface area contributed by atoms with Crippen LogP contribution in [0.1, 0.15) is 12.8 Å². The van der Waals surface area contributed by atoms with Gasteiger partial charge in [-0.2, -0.15) is 0 Å². The largest absolute Gasteiger partial charge is 0.369 e. The molecule has 2 amide bonds. The van der Waals surface area contributed by atoms with Gasteiger partial charge in [0.1, 0.15) is 5.75 Å². The van der Waals surface area contributed by atoms with Gasteiger partial charge in [-0.15, -0.1) is 0 Å². The quantitative estimate of drug-likeness (QED) is 0.858. The Morgan fingerprint density at radius 3 is 2.24 bits per heavy atom. The molecule has 6 nitrogen and oxygen atoms in total. The number of benzene rings is 1. The normalized spacial score (nSPS) is 16.7. The van der Waals surface area contributed by atoms with Gasteiger partial charge in [0.25, 0.3) is 0 Å². The highest BCUT2D eigenvalue weighted by Crippen LogP contribution is 2.18. The Kier molecular flexibility index (Phi) is 4.62. The first-order valence-corrected chi connectivity index (χ1v) is 8.40. The maximum Gasteiger partial charge on any atom is 0.238 e. The second-order valence-corrected chi connectivity index (χ2v) is 7.12. The van der Waals surface area contributed by atoms with Crippen LogP contribution in [-0.2, 0) is 19.4 Å².